The second-order valence-corrected chi connectivity index (χ2v) is 8.25. The summed E-state index contributed by atoms with van der Waals surface area (Å²) in [6.45, 7) is 0. The maximum atomic E-state index is 13.2. The molecule has 2 aromatic carbocycles. The summed E-state index contributed by atoms with van der Waals surface area (Å²) in [5.41, 5.74) is 1.18. The van der Waals surface area contributed by atoms with E-state index < -0.39 is 16.0 Å². The van der Waals surface area contributed by atoms with Crippen LogP contribution in [0.2, 0.25) is 5.02 Å². The molecule has 0 spiro atoms. The van der Waals surface area contributed by atoms with Gasteiger partial charge in [-0.15, -0.1) is 0 Å². The first-order valence-corrected chi connectivity index (χ1v) is 10.0. The van der Waals surface area contributed by atoms with E-state index in [9.17, 15) is 13.2 Å². The lowest BCUT2D eigenvalue weighted by molar-refractivity contribution is -0.137. The van der Waals surface area contributed by atoms with Crippen molar-refractivity contribution in [2.45, 2.75) is 30.6 Å². The van der Waals surface area contributed by atoms with Gasteiger partial charge in [-0.1, -0.05) is 29.8 Å². The third kappa shape index (κ3) is 3.76. The highest BCUT2D eigenvalue weighted by Gasteiger charge is 2.22. The molecule has 5 nitrogen and oxygen atoms in total. The monoisotopic (exact) mass is 391 g/mol. The van der Waals surface area contributed by atoms with Crippen LogP contribution in [0.4, 0.5) is 0 Å². The maximum Gasteiger partial charge on any atom is 0.303 e. The third-order valence-corrected chi connectivity index (χ3v) is 6.16. The molecule has 0 fully saturated rings. The Morgan fingerprint density at radius 1 is 1.04 bits per heavy atom. The molecule has 3 aromatic rings. The second-order valence-electron chi connectivity index (χ2n) is 6.02. The Morgan fingerprint density at radius 3 is 2.46 bits per heavy atom. The van der Waals surface area contributed by atoms with Gasteiger partial charge in [0.05, 0.1) is 10.4 Å². The summed E-state index contributed by atoms with van der Waals surface area (Å²) in [6.07, 6.45) is 1.60. The van der Waals surface area contributed by atoms with Crippen molar-refractivity contribution in [1.82, 2.24) is 3.97 Å². The minimum Gasteiger partial charge on any atom is -0.481 e. The average molecular weight is 392 g/mol. The first-order chi connectivity index (χ1) is 12.4. The molecule has 136 valence electrons. The van der Waals surface area contributed by atoms with E-state index in [1.165, 1.54) is 3.97 Å². The number of carbonyl (C=O) groups is 1. The van der Waals surface area contributed by atoms with E-state index in [2.05, 4.69) is 0 Å². The van der Waals surface area contributed by atoms with Crippen LogP contribution in [0.25, 0.3) is 10.9 Å². The highest BCUT2D eigenvalue weighted by atomic mass is 35.5. The summed E-state index contributed by atoms with van der Waals surface area (Å²) < 4.78 is 27.7. The largest absolute Gasteiger partial charge is 0.481 e. The molecule has 0 bridgehead atoms. The van der Waals surface area contributed by atoms with E-state index in [1.54, 1.807) is 48.5 Å². The molecule has 1 aromatic heterocycles. The zero-order valence-corrected chi connectivity index (χ0v) is 15.5. The molecule has 0 unspecified atom stereocenters. The highest BCUT2D eigenvalue weighted by Crippen LogP contribution is 2.28. The van der Waals surface area contributed by atoms with Gasteiger partial charge in [0.1, 0.15) is 0 Å². The average Bonchev–Trinajstić information content (AvgIpc) is 2.97. The molecule has 0 amide bonds. The van der Waals surface area contributed by atoms with Crippen molar-refractivity contribution in [1.29, 1.82) is 0 Å². The lowest BCUT2D eigenvalue weighted by Crippen LogP contribution is -2.15. The molecule has 0 aliphatic carbocycles. The van der Waals surface area contributed by atoms with Gasteiger partial charge in [0, 0.05) is 22.5 Å². The number of carboxylic acid groups (broad SMARTS) is 1. The van der Waals surface area contributed by atoms with Crippen molar-refractivity contribution in [3.05, 3.63) is 65.3 Å². The normalized spacial score (nSPS) is 11.7. The zero-order valence-electron chi connectivity index (χ0n) is 13.9. The van der Waals surface area contributed by atoms with Crippen LogP contribution in [-0.2, 0) is 21.2 Å². The van der Waals surface area contributed by atoms with Gasteiger partial charge in [0.2, 0.25) is 0 Å². The fraction of sp³-hybridized carbons (Fsp3) is 0.211. The van der Waals surface area contributed by atoms with Gasteiger partial charge in [-0.2, -0.15) is 0 Å². The number of rotatable bonds is 7. The molecule has 0 aliphatic rings. The molecule has 3 rings (SSSR count). The highest BCUT2D eigenvalue weighted by molar-refractivity contribution is 7.90. The fourth-order valence-corrected chi connectivity index (χ4v) is 4.73. The van der Waals surface area contributed by atoms with Gasteiger partial charge in [-0.25, -0.2) is 12.4 Å². The number of hydrogen-bond donors (Lipinski definition) is 1. The Hall–Kier alpha value is -2.31. The fourth-order valence-electron chi connectivity index (χ4n) is 2.96. The predicted molar refractivity (Wildman–Crippen MR) is 101 cm³/mol. The van der Waals surface area contributed by atoms with Crippen LogP contribution in [0.5, 0.6) is 0 Å². The molecule has 7 heteroatoms. The van der Waals surface area contributed by atoms with Crippen LogP contribution >= 0.6 is 11.6 Å². The smallest absolute Gasteiger partial charge is 0.303 e. The topological polar surface area (TPSA) is 76.4 Å². The zero-order chi connectivity index (χ0) is 18.7. The van der Waals surface area contributed by atoms with Gasteiger partial charge in [0.25, 0.3) is 10.0 Å². The van der Waals surface area contributed by atoms with Crippen LogP contribution in [0.1, 0.15) is 25.0 Å². The Balaban J connectivity index is 2.06. The Morgan fingerprint density at radius 2 is 1.77 bits per heavy atom. The molecule has 0 aliphatic heterocycles. The van der Waals surface area contributed by atoms with E-state index in [1.807, 2.05) is 6.07 Å². The predicted octanol–water partition coefficient (Wildman–Crippen LogP) is 4.33. The van der Waals surface area contributed by atoms with Gasteiger partial charge in [-0.3, -0.25) is 4.79 Å². The number of aliphatic carboxylic acids is 1. The maximum absolute atomic E-state index is 13.2. The van der Waals surface area contributed by atoms with Gasteiger partial charge in [0.15, 0.2) is 0 Å². The van der Waals surface area contributed by atoms with Crippen molar-refractivity contribution in [3.63, 3.8) is 0 Å². The van der Waals surface area contributed by atoms with Gasteiger partial charge < -0.3 is 5.11 Å². The summed E-state index contributed by atoms with van der Waals surface area (Å²) in [4.78, 5) is 10.9. The van der Waals surface area contributed by atoms with E-state index in [-0.39, 0.29) is 11.3 Å². The molecule has 0 atom stereocenters. The molecular weight excluding hydrogens is 374 g/mol. The second kappa shape index (κ2) is 7.51. The van der Waals surface area contributed by atoms with Crippen LogP contribution in [-0.4, -0.2) is 23.5 Å². The summed E-state index contributed by atoms with van der Waals surface area (Å²) in [6, 6.07) is 15.1. The minimum atomic E-state index is -3.76. The van der Waals surface area contributed by atoms with Crippen molar-refractivity contribution >= 4 is 38.5 Å². The van der Waals surface area contributed by atoms with E-state index >= 15 is 0 Å². The van der Waals surface area contributed by atoms with Gasteiger partial charge in [-0.05, 0) is 55.7 Å². The number of aromatic nitrogens is 1. The molecule has 26 heavy (non-hydrogen) atoms. The van der Waals surface area contributed by atoms with Crippen LogP contribution in [0.3, 0.4) is 0 Å². The lowest BCUT2D eigenvalue weighted by Gasteiger charge is -2.12. The summed E-state index contributed by atoms with van der Waals surface area (Å²) in [5, 5.41) is 10.0. The summed E-state index contributed by atoms with van der Waals surface area (Å²) in [7, 11) is -3.76. The third-order valence-electron chi connectivity index (χ3n) is 4.15. The Kier molecular flexibility index (Phi) is 5.34. The van der Waals surface area contributed by atoms with Crippen LogP contribution < -0.4 is 0 Å². The first-order valence-electron chi connectivity index (χ1n) is 8.22. The quantitative estimate of drug-likeness (QED) is 0.608. The number of unbranched alkanes of at least 4 members (excludes halogenated alkanes) is 1. The number of hydrogen-bond acceptors (Lipinski definition) is 3. The molecule has 1 heterocycles. The van der Waals surface area contributed by atoms with Crippen molar-refractivity contribution in [2.24, 2.45) is 0 Å². The Labute approximate surface area is 156 Å². The van der Waals surface area contributed by atoms with E-state index in [0.29, 0.717) is 35.5 Å². The SMILES string of the molecule is O=C(O)CCCCc1cc2cc(Cl)ccc2n1S(=O)(=O)c1ccccc1. The molecular formula is C19H18ClNO4S. The van der Waals surface area contributed by atoms with E-state index in [0.717, 1.165) is 5.39 Å². The summed E-state index contributed by atoms with van der Waals surface area (Å²) in [5.74, 6) is -0.853. The van der Waals surface area contributed by atoms with Crippen molar-refractivity contribution < 1.29 is 18.3 Å². The van der Waals surface area contributed by atoms with Gasteiger partial charge >= 0.3 is 5.97 Å². The molecule has 0 radical (unpaired) electrons. The first kappa shape index (κ1) is 18.5. The number of nitrogens with zero attached hydrogens (tertiary/aromatic N) is 1. The molecule has 1 N–H and O–H groups in total. The lowest BCUT2D eigenvalue weighted by atomic mass is 10.1. The number of halogens is 1. The minimum absolute atomic E-state index is 0.0670. The van der Waals surface area contributed by atoms with Crippen molar-refractivity contribution in [3.8, 4) is 0 Å². The molecule has 0 saturated carbocycles. The van der Waals surface area contributed by atoms with Crippen molar-refractivity contribution in [2.75, 3.05) is 0 Å². The summed E-state index contributed by atoms with van der Waals surface area (Å²) >= 11 is 6.05. The number of benzene rings is 2. The van der Waals surface area contributed by atoms with Crippen LogP contribution in [0, 0.1) is 0 Å². The number of aryl methyl sites for hydroxylation is 1. The van der Waals surface area contributed by atoms with Crippen LogP contribution in [0.15, 0.2) is 59.5 Å². The number of carboxylic acids is 1. The molecule has 0 saturated heterocycles. The Bertz CT molecular complexity index is 1040. The standard InChI is InChI=1S/C19H18ClNO4S/c20-15-10-11-18-14(12-15)13-16(6-4-5-9-19(22)23)21(18)26(24,25)17-7-2-1-3-8-17/h1-3,7-8,10-13H,4-6,9H2,(H,22,23). The number of fused-ring (bicyclic) bond motifs is 1. The van der Waals surface area contributed by atoms with E-state index in [4.69, 9.17) is 16.7 Å².